The zero-order valence-electron chi connectivity index (χ0n) is 11.6. The fraction of sp³-hybridized carbons (Fsp3) is 0.571. The summed E-state index contributed by atoms with van der Waals surface area (Å²) in [7, 11) is 0. The van der Waals surface area contributed by atoms with Gasteiger partial charge < -0.3 is 4.74 Å². The molecule has 0 spiro atoms. The summed E-state index contributed by atoms with van der Waals surface area (Å²) < 4.78 is 5.33. The minimum Gasteiger partial charge on any atom is -0.459 e. The van der Waals surface area contributed by atoms with E-state index in [-0.39, 0.29) is 5.97 Å². The van der Waals surface area contributed by atoms with E-state index < -0.39 is 5.60 Å². The van der Waals surface area contributed by atoms with Crippen molar-refractivity contribution in [3.05, 3.63) is 28.5 Å². The third kappa shape index (κ3) is 4.18. The molecule has 0 N–H and O–H groups in total. The maximum Gasteiger partial charge on any atom is 0.320 e. The van der Waals surface area contributed by atoms with Crippen LogP contribution in [-0.4, -0.2) is 34.5 Å². The van der Waals surface area contributed by atoms with Gasteiger partial charge in [-0.25, -0.2) is 4.98 Å². The number of aromatic nitrogens is 1. The molecule has 19 heavy (non-hydrogen) atoms. The third-order valence-electron chi connectivity index (χ3n) is 2.87. The van der Waals surface area contributed by atoms with Gasteiger partial charge in [-0.05, 0) is 32.4 Å². The monoisotopic (exact) mass is 282 g/mol. The first-order valence-corrected chi connectivity index (χ1v) is 6.80. The average molecular weight is 283 g/mol. The lowest BCUT2D eigenvalue weighted by Gasteiger charge is -2.28. The van der Waals surface area contributed by atoms with Gasteiger partial charge in [0.1, 0.15) is 10.8 Å². The molecule has 5 heteroatoms. The Morgan fingerprint density at radius 1 is 1.47 bits per heavy atom. The van der Waals surface area contributed by atoms with Crippen LogP contribution in [0.2, 0.25) is 5.15 Å². The predicted octanol–water partition coefficient (Wildman–Crippen LogP) is 2.43. The summed E-state index contributed by atoms with van der Waals surface area (Å²) in [5.41, 5.74) is 1.74. The molecule has 1 aromatic heterocycles. The highest BCUT2D eigenvalue weighted by Crippen LogP contribution is 2.19. The zero-order chi connectivity index (χ0) is 14.0. The highest BCUT2D eigenvalue weighted by atomic mass is 35.5. The van der Waals surface area contributed by atoms with E-state index >= 15 is 0 Å². The number of esters is 1. The Balaban J connectivity index is 1.95. The van der Waals surface area contributed by atoms with Crippen LogP contribution in [0.3, 0.4) is 0 Å². The quantitative estimate of drug-likeness (QED) is 0.617. The maximum absolute atomic E-state index is 11.8. The topological polar surface area (TPSA) is 42.4 Å². The highest BCUT2D eigenvalue weighted by molar-refractivity contribution is 6.29. The van der Waals surface area contributed by atoms with Gasteiger partial charge in [-0.3, -0.25) is 9.69 Å². The number of ether oxygens (including phenoxy) is 1. The molecule has 0 saturated heterocycles. The Kier molecular flexibility index (Phi) is 4.11. The Labute approximate surface area is 118 Å². The van der Waals surface area contributed by atoms with Gasteiger partial charge in [0.25, 0.3) is 0 Å². The Morgan fingerprint density at radius 2 is 2.21 bits per heavy atom. The summed E-state index contributed by atoms with van der Waals surface area (Å²) in [6, 6.07) is 3.77. The van der Waals surface area contributed by atoms with Crippen molar-refractivity contribution in [1.29, 1.82) is 0 Å². The fourth-order valence-electron chi connectivity index (χ4n) is 2.14. The molecule has 1 aliphatic heterocycles. The molecule has 0 amide bonds. The highest BCUT2D eigenvalue weighted by Gasteiger charge is 2.22. The molecule has 0 unspecified atom stereocenters. The smallest absolute Gasteiger partial charge is 0.320 e. The van der Waals surface area contributed by atoms with Gasteiger partial charge >= 0.3 is 5.97 Å². The Hall–Kier alpha value is -1.13. The van der Waals surface area contributed by atoms with Gasteiger partial charge in [0.15, 0.2) is 0 Å². The van der Waals surface area contributed by atoms with Crippen LogP contribution in [0, 0.1) is 0 Å². The lowest BCUT2D eigenvalue weighted by atomic mass is 10.1. The van der Waals surface area contributed by atoms with E-state index in [1.165, 1.54) is 0 Å². The van der Waals surface area contributed by atoms with Gasteiger partial charge in [-0.1, -0.05) is 17.7 Å². The van der Waals surface area contributed by atoms with Gasteiger partial charge in [-0.2, -0.15) is 0 Å². The summed E-state index contributed by atoms with van der Waals surface area (Å²) in [6.07, 6.45) is 0.818. The van der Waals surface area contributed by atoms with Gasteiger partial charge in [-0.15, -0.1) is 0 Å². The summed E-state index contributed by atoms with van der Waals surface area (Å²) >= 11 is 5.87. The van der Waals surface area contributed by atoms with Crippen LogP contribution in [0.4, 0.5) is 0 Å². The van der Waals surface area contributed by atoms with E-state index in [2.05, 4.69) is 9.88 Å². The van der Waals surface area contributed by atoms with Gasteiger partial charge in [0.05, 0.1) is 6.54 Å². The molecule has 1 aliphatic rings. The van der Waals surface area contributed by atoms with Crippen molar-refractivity contribution < 1.29 is 9.53 Å². The van der Waals surface area contributed by atoms with Crippen LogP contribution in [0.15, 0.2) is 12.1 Å². The van der Waals surface area contributed by atoms with Crippen LogP contribution in [0.25, 0.3) is 0 Å². The number of hydrogen-bond donors (Lipinski definition) is 0. The molecule has 104 valence electrons. The number of nitrogens with zero attached hydrogens (tertiary/aromatic N) is 2. The number of carbonyl (C=O) groups excluding carboxylic acids is 1. The van der Waals surface area contributed by atoms with Crippen LogP contribution >= 0.6 is 11.6 Å². The van der Waals surface area contributed by atoms with Crippen LogP contribution in [0.1, 0.15) is 32.0 Å². The van der Waals surface area contributed by atoms with Crippen molar-refractivity contribution in [3.63, 3.8) is 0 Å². The number of carbonyl (C=O) groups is 1. The second kappa shape index (κ2) is 5.47. The SMILES string of the molecule is CC(C)(C)OC(=O)CN1CCc2nc(Cl)ccc2C1. The van der Waals surface area contributed by atoms with E-state index in [4.69, 9.17) is 16.3 Å². The molecule has 0 saturated carbocycles. The van der Waals surface area contributed by atoms with Crippen molar-refractivity contribution in [2.24, 2.45) is 0 Å². The van der Waals surface area contributed by atoms with Crippen molar-refractivity contribution in [2.45, 2.75) is 39.3 Å². The van der Waals surface area contributed by atoms with E-state index in [1.807, 2.05) is 26.8 Å². The molecule has 0 radical (unpaired) electrons. The van der Waals surface area contributed by atoms with E-state index in [1.54, 1.807) is 6.07 Å². The lowest BCUT2D eigenvalue weighted by molar-refractivity contribution is -0.156. The van der Waals surface area contributed by atoms with Crippen molar-refractivity contribution in [1.82, 2.24) is 9.88 Å². The van der Waals surface area contributed by atoms with Gasteiger partial charge in [0.2, 0.25) is 0 Å². The Morgan fingerprint density at radius 3 is 2.89 bits per heavy atom. The number of fused-ring (bicyclic) bond motifs is 1. The first-order valence-electron chi connectivity index (χ1n) is 6.42. The fourth-order valence-corrected chi connectivity index (χ4v) is 2.30. The number of hydrogen-bond acceptors (Lipinski definition) is 4. The summed E-state index contributed by atoms with van der Waals surface area (Å²) in [4.78, 5) is 18.2. The van der Waals surface area contributed by atoms with Crippen LogP contribution < -0.4 is 0 Å². The number of halogens is 1. The molecular weight excluding hydrogens is 264 g/mol. The molecular formula is C14H19ClN2O2. The summed E-state index contributed by atoms with van der Waals surface area (Å²) in [5, 5.41) is 0.527. The molecule has 0 atom stereocenters. The summed E-state index contributed by atoms with van der Waals surface area (Å²) in [6.45, 7) is 7.48. The standard InChI is InChI=1S/C14H19ClN2O2/c1-14(2,3)19-13(18)9-17-7-6-11-10(8-17)4-5-12(15)16-11/h4-5H,6-9H2,1-3H3. The first-order chi connectivity index (χ1) is 8.83. The maximum atomic E-state index is 11.8. The molecule has 0 bridgehead atoms. The molecule has 0 aliphatic carbocycles. The molecule has 1 aromatic rings. The second-order valence-corrected chi connectivity index (χ2v) is 6.17. The zero-order valence-corrected chi connectivity index (χ0v) is 12.3. The molecule has 0 aromatic carbocycles. The first kappa shape index (κ1) is 14.3. The number of rotatable bonds is 2. The van der Waals surface area contributed by atoms with Crippen molar-refractivity contribution in [2.75, 3.05) is 13.1 Å². The molecule has 2 rings (SSSR count). The minimum absolute atomic E-state index is 0.183. The lowest BCUT2D eigenvalue weighted by Crippen LogP contribution is -2.38. The largest absolute Gasteiger partial charge is 0.459 e. The third-order valence-corrected chi connectivity index (χ3v) is 3.08. The van der Waals surface area contributed by atoms with E-state index in [0.29, 0.717) is 11.7 Å². The summed E-state index contributed by atoms with van der Waals surface area (Å²) in [5.74, 6) is -0.183. The molecule has 0 fully saturated rings. The predicted molar refractivity (Wildman–Crippen MR) is 74.1 cm³/mol. The Bertz CT molecular complexity index is 483. The molecule has 4 nitrogen and oxygen atoms in total. The minimum atomic E-state index is -0.431. The van der Waals surface area contributed by atoms with Gasteiger partial charge in [0, 0.05) is 25.2 Å². The van der Waals surface area contributed by atoms with E-state index in [0.717, 1.165) is 30.8 Å². The normalized spacial score (nSPS) is 16.0. The molecule has 2 heterocycles. The number of pyridine rings is 1. The van der Waals surface area contributed by atoms with Crippen LogP contribution in [0.5, 0.6) is 0 Å². The van der Waals surface area contributed by atoms with E-state index in [9.17, 15) is 4.79 Å². The van der Waals surface area contributed by atoms with Crippen molar-refractivity contribution in [3.8, 4) is 0 Å². The second-order valence-electron chi connectivity index (χ2n) is 5.79. The average Bonchev–Trinajstić information content (AvgIpc) is 2.26. The van der Waals surface area contributed by atoms with Crippen molar-refractivity contribution >= 4 is 17.6 Å². The van der Waals surface area contributed by atoms with Crippen LogP contribution in [-0.2, 0) is 22.5 Å².